The smallest absolute Gasteiger partial charge is 0.744 e. The number of fused-ring (bicyclic) bond motifs is 1. The second-order valence-electron chi connectivity index (χ2n) is 8.79. The van der Waals surface area contributed by atoms with Crippen LogP contribution >= 0.6 is 0 Å². The molecule has 2 aromatic rings. The van der Waals surface area contributed by atoms with Gasteiger partial charge in [-0.15, -0.1) is 0 Å². The van der Waals surface area contributed by atoms with Crippen molar-refractivity contribution in [2.24, 2.45) is 0 Å². The fourth-order valence-electron chi connectivity index (χ4n) is 4.57. The van der Waals surface area contributed by atoms with Gasteiger partial charge in [-0.05, 0) is 36.6 Å². The molecule has 0 aromatic heterocycles. The Hall–Kier alpha value is -2.04. The Morgan fingerprint density at radius 1 is 0.806 bits per heavy atom. The zero-order valence-corrected chi connectivity index (χ0v) is 23.3. The van der Waals surface area contributed by atoms with Gasteiger partial charge in [-0.3, -0.25) is 19.3 Å². The fourth-order valence-corrected chi connectivity index (χ4v) is 5.31. The third kappa shape index (κ3) is 7.73. The minimum atomic E-state index is -4.80. The van der Waals surface area contributed by atoms with E-state index in [1.807, 2.05) is 0 Å². The van der Waals surface area contributed by atoms with Crippen LogP contribution in [0.3, 0.4) is 0 Å². The number of rotatable bonds is 14. The maximum absolute atomic E-state index is 13.1. The number of carbonyl (C=O) groups excluding carboxylic acids is 2. The number of imide groups is 1. The molecule has 3 rings (SSSR count). The SMILES string of the molecule is O=C(O)CCCCCCCCCCC(c1ccccc1S(=O)(=O)[O-])N1C(=O)c2ccccc2C1=O.[Na+]. The maximum Gasteiger partial charge on any atom is 1.00 e. The molecule has 2 amide bonds. The Kier molecular flexibility index (Phi) is 11.8. The molecule has 0 radical (unpaired) electrons. The van der Waals surface area contributed by atoms with Crippen LogP contribution in [0.5, 0.6) is 0 Å². The quantitative estimate of drug-likeness (QED) is 0.173. The van der Waals surface area contributed by atoms with E-state index in [4.69, 9.17) is 5.11 Å². The van der Waals surface area contributed by atoms with Gasteiger partial charge in [-0.1, -0.05) is 75.3 Å². The number of carboxylic acids is 1. The molecule has 1 aliphatic heterocycles. The van der Waals surface area contributed by atoms with Crippen LogP contribution in [-0.2, 0) is 14.9 Å². The summed E-state index contributed by atoms with van der Waals surface area (Å²) in [6.07, 6.45) is 7.44. The summed E-state index contributed by atoms with van der Waals surface area (Å²) in [6, 6.07) is 11.4. The summed E-state index contributed by atoms with van der Waals surface area (Å²) < 4.78 is 35.8. The first kappa shape index (κ1) is 30.2. The van der Waals surface area contributed by atoms with Crippen molar-refractivity contribution in [2.45, 2.75) is 75.1 Å². The standard InChI is InChI=1S/C26H31NO7S.Na/c28-24(29)18-8-6-4-2-1-3-5-7-16-22(21-15-11-12-17-23(21)35(32,33)34)27-25(30)19-13-9-10-14-20(19)26(27)31;/h9-15,17,22H,1-8,16,18H2,(H,28,29)(H,32,33,34);/q;+1/p-1. The summed E-state index contributed by atoms with van der Waals surface area (Å²) in [7, 11) is -4.80. The van der Waals surface area contributed by atoms with Gasteiger partial charge >= 0.3 is 35.5 Å². The number of carboxylic acid groups (broad SMARTS) is 1. The van der Waals surface area contributed by atoms with Crippen LogP contribution in [0.15, 0.2) is 53.4 Å². The summed E-state index contributed by atoms with van der Waals surface area (Å²) in [5.41, 5.74) is 0.705. The number of hydrogen-bond acceptors (Lipinski definition) is 6. The van der Waals surface area contributed by atoms with Crippen LogP contribution in [0, 0.1) is 0 Å². The van der Waals surface area contributed by atoms with E-state index in [2.05, 4.69) is 0 Å². The van der Waals surface area contributed by atoms with E-state index < -0.39 is 38.8 Å². The van der Waals surface area contributed by atoms with Crippen molar-refractivity contribution in [2.75, 3.05) is 0 Å². The first-order valence-corrected chi connectivity index (χ1v) is 13.4. The third-order valence-electron chi connectivity index (χ3n) is 6.30. The molecule has 0 fully saturated rings. The summed E-state index contributed by atoms with van der Waals surface area (Å²) in [4.78, 5) is 37.5. The van der Waals surface area contributed by atoms with E-state index in [1.54, 1.807) is 30.3 Å². The van der Waals surface area contributed by atoms with E-state index in [0.717, 1.165) is 43.4 Å². The predicted octanol–water partition coefficient (Wildman–Crippen LogP) is 1.92. The van der Waals surface area contributed by atoms with E-state index >= 15 is 0 Å². The summed E-state index contributed by atoms with van der Waals surface area (Å²) in [6.45, 7) is 0. The van der Waals surface area contributed by atoms with Gasteiger partial charge in [0.05, 0.1) is 22.1 Å². The number of benzene rings is 2. The van der Waals surface area contributed by atoms with Gasteiger partial charge in [0.1, 0.15) is 10.1 Å². The Bertz CT molecular complexity index is 1150. The predicted molar refractivity (Wildman–Crippen MR) is 128 cm³/mol. The molecular weight excluding hydrogens is 493 g/mol. The molecule has 1 unspecified atom stereocenters. The summed E-state index contributed by atoms with van der Waals surface area (Å²) in [5.74, 6) is -1.76. The van der Waals surface area contributed by atoms with Gasteiger partial charge < -0.3 is 9.66 Å². The van der Waals surface area contributed by atoms with Crippen molar-refractivity contribution in [3.63, 3.8) is 0 Å². The van der Waals surface area contributed by atoms with Crippen LogP contribution in [0.4, 0.5) is 0 Å². The average Bonchev–Trinajstić information content (AvgIpc) is 3.07. The topological polar surface area (TPSA) is 132 Å². The largest absolute Gasteiger partial charge is 1.00 e. The van der Waals surface area contributed by atoms with E-state index in [0.29, 0.717) is 19.3 Å². The van der Waals surface area contributed by atoms with Crippen LogP contribution in [-0.4, -0.2) is 40.8 Å². The van der Waals surface area contributed by atoms with Gasteiger partial charge in [-0.25, -0.2) is 8.42 Å². The average molecular weight is 524 g/mol. The minimum absolute atomic E-state index is 0. The van der Waals surface area contributed by atoms with Crippen molar-refractivity contribution in [3.05, 3.63) is 65.2 Å². The van der Waals surface area contributed by atoms with Crippen LogP contribution < -0.4 is 29.6 Å². The Morgan fingerprint density at radius 3 is 1.81 bits per heavy atom. The molecular formula is C26H30NNaO7S. The third-order valence-corrected chi connectivity index (χ3v) is 7.21. The molecule has 188 valence electrons. The first-order chi connectivity index (χ1) is 16.7. The van der Waals surface area contributed by atoms with Crippen LogP contribution in [0.25, 0.3) is 0 Å². The molecule has 1 heterocycles. The molecule has 1 N–H and O–H groups in total. The molecule has 1 aliphatic rings. The Labute approximate surface area is 234 Å². The number of carbonyl (C=O) groups is 3. The second kappa shape index (κ2) is 14.0. The van der Waals surface area contributed by atoms with Crippen LogP contribution in [0.1, 0.15) is 96.5 Å². The first-order valence-electron chi connectivity index (χ1n) is 12.0. The Morgan fingerprint density at radius 2 is 1.28 bits per heavy atom. The van der Waals surface area contributed by atoms with Gasteiger partial charge in [0.2, 0.25) is 0 Å². The second-order valence-corrected chi connectivity index (χ2v) is 10.1. The van der Waals surface area contributed by atoms with E-state index in [1.165, 1.54) is 18.2 Å². The number of amides is 2. The molecule has 2 aromatic carbocycles. The summed E-state index contributed by atoms with van der Waals surface area (Å²) >= 11 is 0. The van der Waals surface area contributed by atoms with Gasteiger partial charge in [0, 0.05) is 6.42 Å². The van der Waals surface area contributed by atoms with Gasteiger partial charge in [0.25, 0.3) is 11.8 Å². The minimum Gasteiger partial charge on any atom is -0.744 e. The summed E-state index contributed by atoms with van der Waals surface area (Å²) in [5, 5.41) is 8.67. The van der Waals surface area contributed by atoms with E-state index in [-0.39, 0.29) is 52.7 Å². The number of nitrogens with zero attached hydrogens (tertiary/aromatic N) is 1. The zero-order chi connectivity index (χ0) is 25.4. The number of aliphatic carboxylic acids is 1. The molecule has 0 bridgehead atoms. The number of hydrogen-bond donors (Lipinski definition) is 1. The maximum atomic E-state index is 13.1. The normalized spacial score (nSPS) is 13.9. The fraction of sp³-hybridized carbons (Fsp3) is 0.423. The molecule has 0 saturated carbocycles. The molecule has 0 saturated heterocycles. The monoisotopic (exact) mass is 523 g/mol. The van der Waals surface area contributed by atoms with Crippen molar-refractivity contribution >= 4 is 27.9 Å². The van der Waals surface area contributed by atoms with Crippen molar-refractivity contribution in [1.29, 1.82) is 0 Å². The van der Waals surface area contributed by atoms with E-state index in [9.17, 15) is 27.4 Å². The molecule has 10 heteroatoms. The molecule has 36 heavy (non-hydrogen) atoms. The molecule has 1 atom stereocenters. The number of unbranched alkanes of at least 4 members (excludes halogenated alkanes) is 7. The van der Waals surface area contributed by atoms with Gasteiger partial charge in [-0.2, -0.15) is 0 Å². The molecule has 8 nitrogen and oxygen atoms in total. The van der Waals surface area contributed by atoms with Gasteiger partial charge in [0.15, 0.2) is 0 Å². The van der Waals surface area contributed by atoms with Crippen LogP contribution in [0.2, 0.25) is 0 Å². The Balaban J connectivity index is 0.00000456. The molecule has 0 aliphatic carbocycles. The molecule has 0 spiro atoms. The van der Waals surface area contributed by atoms with Crippen molar-refractivity contribution in [1.82, 2.24) is 4.90 Å². The van der Waals surface area contributed by atoms with Crippen molar-refractivity contribution in [3.8, 4) is 0 Å². The van der Waals surface area contributed by atoms with Crippen molar-refractivity contribution < 1.29 is 62.0 Å². The zero-order valence-electron chi connectivity index (χ0n) is 20.5.